The van der Waals surface area contributed by atoms with Gasteiger partial charge in [-0.15, -0.1) is 0 Å². The largest absolute Gasteiger partial charge is 0.475 e. The predicted octanol–water partition coefficient (Wildman–Crippen LogP) is 5.36. The number of hydrogen-bond acceptors (Lipinski definition) is 5. The minimum absolute atomic E-state index is 0.00345. The molecule has 0 aromatic carbocycles. The van der Waals surface area contributed by atoms with Crippen molar-refractivity contribution in [3.8, 4) is 0 Å². The molecule has 0 radical (unpaired) electrons. The Bertz CT molecular complexity index is 407. The van der Waals surface area contributed by atoms with Crippen LogP contribution in [0.1, 0.15) is 90.4 Å². The van der Waals surface area contributed by atoms with Gasteiger partial charge >= 0.3 is 7.82 Å². The van der Waals surface area contributed by atoms with Crippen molar-refractivity contribution in [1.82, 2.24) is 0 Å². The van der Waals surface area contributed by atoms with Gasteiger partial charge in [-0.2, -0.15) is 0 Å². The zero-order valence-electron chi connectivity index (χ0n) is 15.6. The Morgan fingerprint density at radius 3 is 1.64 bits per heavy atom. The van der Waals surface area contributed by atoms with Crippen LogP contribution in [0.3, 0.4) is 0 Å². The van der Waals surface area contributed by atoms with Crippen molar-refractivity contribution >= 4 is 7.82 Å². The summed E-state index contributed by atoms with van der Waals surface area (Å²) in [5.41, 5.74) is 0. The second kappa shape index (κ2) is 9.32. The molecule has 1 unspecified atom stereocenters. The van der Waals surface area contributed by atoms with Crippen LogP contribution in [-0.2, 0) is 18.1 Å². The highest BCUT2D eigenvalue weighted by molar-refractivity contribution is 7.48. The molecule has 0 aromatic rings. The fourth-order valence-electron chi connectivity index (χ4n) is 4.28. The van der Waals surface area contributed by atoms with Crippen molar-refractivity contribution < 1.29 is 23.2 Å². The smallest absolute Gasteiger partial charge is 0.393 e. The molecule has 146 valence electrons. The maximum atomic E-state index is 13.5. The van der Waals surface area contributed by atoms with Gasteiger partial charge in [0.1, 0.15) is 0 Å². The summed E-state index contributed by atoms with van der Waals surface area (Å²) in [5.74, 6) is 0.722. The maximum Gasteiger partial charge on any atom is 0.475 e. The zero-order chi connectivity index (χ0) is 17.7. The third-order valence-electron chi connectivity index (χ3n) is 5.99. The van der Waals surface area contributed by atoms with Gasteiger partial charge < -0.3 is 5.11 Å². The topological polar surface area (TPSA) is 65.0 Å². The second-order valence-corrected chi connectivity index (χ2v) is 9.86. The van der Waals surface area contributed by atoms with Crippen molar-refractivity contribution in [2.45, 2.75) is 115 Å². The summed E-state index contributed by atoms with van der Waals surface area (Å²) in [6.45, 7) is 2.26. The molecular formula is C19H35O5P. The van der Waals surface area contributed by atoms with E-state index in [0.29, 0.717) is 12.8 Å². The van der Waals surface area contributed by atoms with Crippen LogP contribution in [0.2, 0.25) is 0 Å². The molecule has 6 heteroatoms. The molecule has 0 aliphatic heterocycles. The van der Waals surface area contributed by atoms with Crippen molar-refractivity contribution in [3.63, 3.8) is 0 Å². The molecule has 25 heavy (non-hydrogen) atoms. The zero-order valence-corrected chi connectivity index (χ0v) is 16.5. The minimum Gasteiger partial charge on any atom is -0.393 e. The lowest BCUT2D eigenvalue weighted by Gasteiger charge is -2.34. The van der Waals surface area contributed by atoms with Gasteiger partial charge in [0.2, 0.25) is 0 Å². The summed E-state index contributed by atoms with van der Waals surface area (Å²) in [5, 5.41) is 9.69. The minimum atomic E-state index is -3.55. The first-order valence-electron chi connectivity index (χ1n) is 10.4. The molecule has 3 fully saturated rings. The Balaban J connectivity index is 1.60. The van der Waals surface area contributed by atoms with Gasteiger partial charge in [0.15, 0.2) is 0 Å². The van der Waals surface area contributed by atoms with Crippen LogP contribution >= 0.6 is 7.82 Å². The monoisotopic (exact) mass is 374 g/mol. The van der Waals surface area contributed by atoms with Gasteiger partial charge in [0, 0.05) is 0 Å². The summed E-state index contributed by atoms with van der Waals surface area (Å²) in [4.78, 5) is 0. The first kappa shape index (κ1) is 19.8. The maximum absolute atomic E-state index is 13.5. The summed E-state index contributed by atoms with van der Waals surface area (Å²) < 4.78 is 31.4. The number of rotatable bonds is 6. The van der Waals surface area contributed by atoms with Crippen LogP contribution in [0.4, 0.5) is 0 Å². The van der Waals surface area contributed by atoms with E-state index in [1.807, 2.05) is 0 Å². The standard InChI is InChI=1S/C19H35O5P/c1-15-7-11-18(12-8-15)23-25(21,22-17-5-3-2-4-6-17)24-19-13-9-16(20)10-14-19/h15-20H,2-14H2,1H3. The number of aliphatic hydroxyl groups is 1. The van der Waals surface area contributed by atoms with Gasteiger partial charge in [-0.25, -0.2) is 4.57 Å². The van der Waals surface area contributed by atoms with Crippen molar-refractivity contribution in [2.75, 3.05) is 0 Å². The van der Waals surface area contributed by atoms with Crippen LogP contribution in [0, 0.1) is 5.92 Å². The summed E-state index contributed by atoms with van der Waals surface area (Å²) in [6, 6.07) is 0. The Morgan fingerprint density at radius 1 is 0.680 bits per heavy atom. The average molecular weight is 374 g/mol. The molecule has 0 bridgehead atoms. The van der Waals surface area contributed by atoms with E-state index in [4.69, 9.17) is 13.6 Å². The van der Waals surface area contributed by atoms with E-state index in [0.717, 1.165) is 70.1 Å². The number of phosphoric acid groups is 1. The highest BCUT2D eigenvalue weighted by Crippen LogP contribution is 2.56. The van der Waals surface area contributed by atoms with Crippen LogP contribution in [0.15, 0.2) is 0 Å². The van der Waals surface area contributed by atoms with Crippen LogP contribution < -0.4 is 0 Å². The molecule has 3 rings (SSSR count). The van der Waals surface area contributed by atoms with Gasteiger partial charge in [0.05, 0.1) is 24.4 Å². The van der Waals surface area contributed by atoms with E-state index in [1.165, 1.54) is 6.42 Å². The van der Waals surface area contributed by atoms with Crippen molar-refractivity contribution in [2.24, 2.45) is 5.92 Å². The summed E-state index contributed by atoms with van der Waals surface area (Å²) in [6.07, 6.45) is 11.9. The van der Waals surface area contributed by atoms with E-state index in [1.54, 1.807) is 0 Å². The summed E-state index contributed by atoms with van der Waals surface area (Å²) in [7, 11) is -3.55. The fraction of sp³-hybridized carbons (Fsp3) is 1.00. The van der Waals surface area contributed by atoms with E-state index in [9.17, 15) is 9.67 Å². The molecule has 0 spiro atoms. The van der Waals surface area contributed by atoms with Gasteiger partial charge in [-0.1, -0.05) is 26.2 Å². The molecule has 1 N–H and O–H groups in total. The number of phosphoric ester groups is 1. The predicted molar refractivity (Wildman–Crippen MR) is 97.4 cm³/mol. The Kier molecular flexibility index (Phi) is 7.39. The lowest BCUT2D eigenvalue weighted by molar-refractivity contribution is -0.00779. The number of aliphatic hydroxyl groups excluding tert-OH is 1. The van der Waals surface area contributed by atoms with Gasteiger partial charge in [-0.3, -0.25) is 13.6 Å². The van der Waals surface area contributed by atoms with Crippen molar-refractivity contribution in [1.29, 1.82) is 0 Å². The molecule has 1 atom stereocenters. The Hall–Kier alpha value is 0.0700. The first-order valence-corrected chi connectivity index (χ1v) is 11.8. The highest BCUT2D eigenvalue weighted by atomic mass is 31.2. The lowest BCUT2D eigenvalue weighted by atomic mass is 9.89. The van der Waals surface area contributed by atoms with Crippen molar-refractivity contribution in [3.05, 3.63) is 0 Å². The third-order valence-corrected chi connectivity index (χ3v) is 7.66. The van der Waals surface area contributed by atoms with Crippen LogP contribution in [0.5, 0.6) is 0 Å². The molecule has 0 aromatic heterocycles. The highest BCUT2D eigenvalue weighted by Gasteiger charge is 2.38. The Morgan fingerprint density at radius 2 is 1.12 bits per heavy atom. The van der Waals surface area contributed by atoms with Crippen LogP contribution in [0.25, 0.3) is 0 Å². The van der Waals surface area contributed by atoms with E-state index in [-0.39, 0.29) is 24.4 Å². The molecule has 5 nitrogen and oxygen atoms in total. The molecule has 3 aliphatic rings. The average Bonchev–Trinajstić information content (AvgIpc) is 2.60. The molecule has 0 saturated heterocycles. The molecule has 3 aliphatic carbocycles. The normalized spacial score (nSPS) is 37.5. The summed E-state index contributed by atoms with van der Waals surface area (Å²) >= 11 is 0. The quantitative estimate of drug-likeness (QED) is 0.634. The first-order chi connectivity index (χ1) is 12.0. The molecule has 0 amide bonds. The van der Waals surface area contributed by atoms with Crippen LogP contribution in [-0.4, -0.2) is 29.5 Å². The SMILES string of the molecule is CC1CCC(OP(=O)(OC2CCCCC2)OC2CCC(O)CC2)CC1. The number of hydrogen-bond donors (Lipinski definition) is 1. The second-order valence-electron chi connectivity index (χ2n) is 8.34. The third kappa shape index (κ3) is 6.32. The molecule has 3 saturated carbocycles. The van der Waals surface area contributed by atoms with Gasteiger partial charge in [0.25, 0.3) is 0 Å². The van der Waals surface area contributed by atoms with E-state index in [2.05, 4.69) is 6.92 Å². The Labute approximate surface area is 152 Å². The van der Waals surface area contributed by atoms with E-state index < -0.39 is 7.82 Å². The van der Waals surface area contributed by atoms with E-state index >= 15 is 0 Å². The fourth-order valence-corrected chi connectivity index (χ4v) is 6.16. The lowest BCUT2D eigenvalue weighted by Crippen LogP contribution is -2.27. The molecular weight excluding hydrogens is 339 g/mol. The molecule has 0 heterocycles. The van der Waals surface area contributed by atoms with Gasteiger partial charge in [-0.05, 0) is 70.1 Å².